The van der Waals surface area contributed by atoms with E-state index in [-0.39, 0.29) is 17.7 Å². The van der Waals surface area contributed by atoms with E-state index in [0.717, 1.165) is 37.1 Å². The number of ketones is 1. The van der Waals surface area contributed by atoms with Gasteiger partial charge >= 0.3 is 6.03 Å². The Kier molecular flexibility index (Phi) is 5.58. The number of hydrogen-bond acceptors (Lipinski definition) is 2. The van der Waals surface area contributed by atoms with Gasteiger partial charge in [0.25, 0.3) is 0 Å². The van der Waals surface area contributed by atoms with Crippen LogP contribution in [0.1, 0.15) is 42.6 Å². The van der Waals surface area contributed by atoms with Gasteiger partial charge < -0.3 is 9.80 Å². The van der Waals surface area contributed by atoms with E-state index in [1.807, 2.05) is 54.8 Å². The molecule has 2 amide bonds. The first-order valence-corrected chi connectivity index (χ1v) is 8.21. The quantitative estimate of drug-likeness (QED) is 0.800. The van der Waals surface area contributed by atoms with Gasteiger partial charge in [0.05, 0.1) is 0 Å². The number of Topliss-reactive ketones (excluding diaryl/α,β-unsaturated/α-hetero) is 1. The van der Waals surface area contributed by atoms with Crippen molar-refractivity contribution in [1.82, 2.24) is 9.80 Å². The maximum atomic E-state index is 12.5. The number of urea groups is 1. The van der Waals surface area contributed by atoms with E-state index < -0.39 is 0 Å². The summed E-state index contributed by atoms with van der Waals surface area (Å²) in [6.07, 6.45) is 1.53. The number of benzene rings is 1. The molecule has 1 fully saturated rings. The van der Waals surface area contributed by atoms with Crippen LogP contribution in [-0.4, -0.2) is 47.8 Å². The summed E-state index contributed by atoms with van der Waals surface area (Å²) < 4.78 is 0. The number of carbonyl (C=O) groups is 2. The third-order valence-electron chi connectivity index (χ3n) is 4.51. The second-order valence-corrected chi connectivity index (χ2v) is 5.95. The minimum absolute atomic E-state index is 0.0449. The summed E-state index contributed by atoms with van der Waals surface area (Å²) in [7, 11) is 0. The van der Waals surface area contributed by atoms with Crippen molar-refractivity contribution in [2.45, 2.75) is 33.6 Å². The number of amides is 2. The maximum absolute atomic E-state index is 12.5. The van der Waals surface area contributed by atoms with Crippen molar-refractivity contribution in [2.75, 3.05) is 26.2 Å². The number of rotatable bonds is 4. The van der Waals surface area contributed by atoms with E-state index >= 15 is 0 Å². The van der Waals surface area contributed by atoms with Crippen molar-refractivity contribution in [3.05, 3.63) is 35.4 Å². The topological polar surface area (TPSA) is 40.6 Å². The monoisotopic (exact) mass is 302 g/mol. The summed E-state index contributed by atoms with van der Waals surface area (Å²) in [5, 5.41) is 0. The SMILES string of the molecule is CCN(CC)C(=O)N1CCC(C(=O)c2ccc(C)cc2)CC1. The molecule has 4 nitrogen and oxygen atoms in total. The molecule has 22 heavy (non-hydrogen) atoms. The van der Waals surface area contributed by atoms with Crippen LogP contribution >= 0.6 is 0 Å². The molecular weight excluding hydrogens is 276 g/mol. The number of piperidine rings is 1. The predicted molar refractivity (Wildman–Crippen MR) is 88.1 cm³/mol. The average Bonchev–Trinajstić information content (AvgIpc) is 2.56. The highest BCUT2D eigenvalue weighted by Gasteiger charge is 2.29. The highest BCUT2D eigenvalue weighted by molar-refractivity contribution is 5.98. The molecule has 1 aromatic rings. The molecule has 1 saturated heterocycles. The number of carbonyl (C=O) groups excluding carboxylic acids is 2. The summed E-state index contributed by atoms with van der Waals surface area (Å²) in [5.41, 5.74) is 1.95. The van der Waals surface area contributed by atoms with Gasteiger partial charge in [-0.15, -0.1) is 0 Å². The van der Waals surface area contributed by atoms with Crippen molar-refractivity contribution in [3.8, 4) is 0 Å². The van der Waals surface area contributed by atoms with Gasteiger partial charge in [-0.1, -0.05) is 29.8 Å². The van der Waals surface area contributed by atoms with Gasteiger partial charge in [-0.25, -0.2) is 4.79 Å². The Hall–Kier alpha value is -1.84. The Morgan fingerprint density at radius 3 is 2.14 bits per heavy atom. The zero-order valence-corrected chi connectivity index (χ0v) is 13.8. The molecule has 1 aliphatic heterocycles. The first kappa shape index (κ1) is 16.5. The molecule has 0 saturated carbocycles. The molecule has 0 aromatic heterocycles. The van der Waals surface area contributed by atoms with Crippen molar-refractivity contribution in [1.29, 1.82) is 0 Å². The van der Waals surface area contributed by atoms with E-state index in [2.05, 4.69) is 0 Å². The van der Waals surface area contributed by atoms with E-state index in [9.17, 15) is 9.59 Å². The van der Waals surface area contributed by atoms with Gasteiger partial charge in [0.1, 0.15) is 0 Å². The fourth-order valence-electron chi connectivity index (χ4n) is 2.98. The molecule has 0 N–H and O–H groups in total. The Morgan fingerprint density at radius 2 is 1.64 bits per heavy atom. The molecule has 4 heteroatoms. The smallest absolute Gasteiger partial charge is 0.319 e. The zero-order chi connectivity index (χ0) is 16.1. The first-order chi connectivity index (χ1) is 10.6. The number of nitrogens with zero attached hydrogens (tertiary/aromatic N) is 2. The van der Waals surface area contributed by atoms with Crippen LogP contribution in [0.15, 0.2) is 24.3 Å². The fraction of sp³-hybridized carbons (Fsp3) is 0.556. The molecule has 0 unspecified atom stereocenters. The van der Waals surface area contributed by atoms with E-state index in [4.69, 9.17) is 0 Å². The van der Waals surface area contributed by atoms with Crippen molar-refractivity contribution in [2.24, 2.45) is 5.92 Å². The summed E-state index contributed by atoms with van der Waals surface area (Å²) in [6.45, 7) is 8.83. The molecule has 2 rings (SSSR count). The van der Waals surface area contributed by atoms with Crippen LogP contribution in [0.2, 0.25) is 0 Å². The van der Waals surface area contributed by atoms with Gasteiger partial charge in [0.15, 0.2) is 5.78 Å². The Labute approximate surface area is 133 Å². The summed E-state index contributed by atoms with van der Waals surface area (Å²) in [6, 6.07) is 7.88. The minimum Gasteiger partial charge on any atom is -0.325 e. The van der Waals surface area contributed by atoms with Gasteiger partial charge in [-0.05, 0) is 33.6 Å². The first-order valence-electron chi connectivity index (χ1n) is 8.21. The molecule has 0 aliphatic carbocycles. The average molecular weight is 302 g/mol. The maximum Gasteiger partial charge on any atom is 0.319 e. The molecule has 0 atom stereocenters. The molecule has 0 radical (unpaired) electrons. The van der Waals surface area contributed by atoms with Crippen molar-refractivity contribution >= 4 is 11.8 Å². The van der Waals surface area contributed by atoms with Crippen molar-refractivity contribution in [3.63, 3.8) is 0 Å². The lowest BCUT2D eigenvalue weighted by Crippen LogP contribution is -2.47. The Bertz CT molecular complexity index is 512. The second kappa shape index (κ2) is 7.43. The van der Waals surface area contributed by atoms with Crippen LogP contribution < -0.4 is 0 Å². The molecule has 120 valence electrons. The van der Waals surface area contributed by atoms with E-state index in [0.29, 0.717) is 13.1 Å². The largest absolute Gasteiger partial charge is 0.325 e. The lowest BCUT2D eigenvalue weighted by molar-refractivity contribution is 0.0836. The van der Waals surface area contributed by atoms with Gasteiger partial charge in [-0.2, -0.15) is 0 Å². The molecular formula is C18H26N2O2. The zero-order valence-electron chi connectivity index (χ0n) is 13.8. The van der Waals surface area contributed by atoms with Crippen LogP contribution in [0, 0.1) is 12.8 Å². The van der Waals surface area contributed by atoms with Crippen LogP contribution in [0.25, 0.3) is 0 Å². The summed E-state index contributed by atoms with van der Waals surface area (Å²) in [4.78, 5) is 28.5. The third kappa shape index (κ3) is 3.67. The Morgan fingerprint density at radius 1 is 1.09 bits per heavy atom. The van der Waals surface area contributed by atoms with Gasteiger partial charge in [-0.3, -0.25) is 4.79 Å². The number of hydrogen-bond donors (Lipinski definition) is 0. The van der Waals surface area contributed by atoms with Crippen molar-refractivity contribution < 1.29 is 9.59 Å². The second-order valence-electron chi connectivity index (χ2n) is 5.95. The standard InChI is InChI=1S/C18H26N2O2/c1-4-19(5-2)18(22)20-12-10-16(11-13-20)17(21)15-8-6-14(3)7-9-15/h6-9,16H,4-5,10-13H2,1-3H3. The summed E-state index contributed by atoms with van der Waals surface area (Å²) in [5.74, 6) is 0.262. The lowest BCUT2D eigenvalue weighted by Gasteiger charge is -2.34. The lowest BCUT2D eigenvalue weighted by atomic mass is 9.89. The van der Waals surface area contributed by atoms with Crippen LogP contribution in [-0.2, 0) is 0 Å². The number of aryl methyl sites for hydroxylation is 1. The Balaban J connectivity index is 1.93. The van der Waals surface area contributed by atoms with E-state index in [1.54, 1.807) is 0 Å². The third-order valence-corrected chi connectivity index (χ3v) is 4.51. The van der Waals surface area contributed by atoms with Gasteiger partial charge in [0, 0.05) is 37.7 Å². The predicted octanol–water partition coefficient (Wildman–Crippen LogP) is 3.35. The molecule has 1 aromatic carbocycles. The minimum atomic E-state index is 0.0449. The van der Waals surface area contributed by atoms with Gasteiger partial charge in [0.2, 0.25) is 0 Å². The summed E-state index contributed by atoms with van der Waals surface area (Å²) >= 11 is 0. The molecule has 1 aliphatic rings. The van der Waals surface area contributed by atoms with Crippen LogP contribution in [0.5, 0.6) is 0 Å². The normalized spacial score (nSPS) is 15.7. The highest BCUT2D eigenvalue weighted by atomic mass is 16.2. The van der Waals surface area contributed by atoms with Crippen LogP contribution in [0.4, 0.5) is 4.79 Å². The fourth-order valence-corrected chi connectivity index (χ4v) is 2.98. The highest BCUT2D eigenvalue weighted by Crippen LogP contribution is 2.22. The molecule has 0 spiro atoms. The molecule has 1 heterocycles. The number of likely N-dealkylation sites (tertiary alicyclic amines) is 1. The van der Waals surface area contributed by atoms with Crippen LogP contribution in [0.3, 0.4) is 0 Å². The molecule has 0 bridgehead atoms. The van der Waals surface area contributed by atoms with E-state index in [1.165, 1.54) is 0 Å².